The Kier molecular flexibility index (Phi) is 3.26. The predicted octanol–water partition coefficient (Wildman–Crippen LogP) is 1.79. The summed E-state index contributed by atoms with van der Waals surface area (Å²) in [5.74, 6) is -0.202. The Labute approximate surface area is 95.5 Å². The van der Waals surface area contributed by atoms with Gasteiger partial charge in [0.2, 0.25) is 0 Å². The van der Waals surface area contributed by atoms with Gasteiger partial charge < -0.3 is 10.4 Å². The third-order valence-corrected chi connectivity index (χ3v) is 3.39. The SMILES string of the molecule is Cc1cccc(F)c1CC1(O)CCNCC1. The van der Waals surface area contributed by atoms with Crippen LogP contribution in [0.2, 0.25) is 0 Å². The fourth-order valence-corrected chi connectivity index (χ4v) is 2.29. The molecule has 1 aliphatic rings. The fraction of sp³-hybridized carbons (Fsp3) is 0.538. The molecule has 16 heavy (non-hydrogen) atoms. The van der Waals surface area contributed by atoms with Gasteiger partial charge in [0, 0.05) is 6.42 Å². The van der Waals surface area contributed by atoms with E-state index in [4.69, 9.17) is 0 Å². The minimum Gasteiger partial charge on any atom is -0.389 e. The van der Waals surface area contributed by atoms with Gasteiger partial charge in [0.1, 0.15) is 5.82 Å². The number of aliphatic hydroxyl groups is 1. The molecule has 1 fully saturated rings. The molecule has 1 aromatic rings. The highest BCUT2D eigenvalue weighted by Gasteiger charge is 2.30. The zero-order valence-electron chi connectivity index (χ0n) is 9.59. The molecule has 0 unspecified atom stereocenters. The van der Waals surface area contributed by atoms with Crippen molar-refractivity contribution in [2.75, 3.05) is 13.1 Å². The molecule has 0 bridgehead atoms. The van der Waals surface area contributed by atoms with E-state index < -0.39 is 5.60 Å². The molecular formula is C13H18FNO. The molecule has 88 valence electrons. The smallest absolute Gasteiger partial charge is 0.126 e. The van der Waals surface area contributed by atoms with E-state index in [1.807, 2.05) is 13.0 Å². The second-order valence-corrected chi connectivity index (χ2v) is 4.69. The second-order valence-electron chi connectivity index (χ2n) is 4.69. The number of halogens is 1. The van der Waals surface area contributed by atoms with Crippen molar-refractivity contribution in [1.82, 2.24) is 5.32 Å². The van der Waals surface area contributed by atoms with Gasteiger partial charge in [-0.2, -0.15) is 0 Å². The average Bonchev–Trinajstić information content (AvgIpc) is 2.25. The number of rotatable bonds is 2. The van der Waals surface area contributed by atoms with Crippen LogP contribution in [0.15, 0.2) is 18.2 Å². The van der Waals surface area contributed by atoms with Crippen molar-refractivity contribution >= 4 is 0 Å². The van der Waals surface area contributed by atoms with Gasteiger partial charge >= 0.3 is 0 Å². The highest BCUT2D eigenvalue weighted by molar-refractivity contribution is 5.29. The lowest BCUT2D eigenvalue weighted by molar-refractivity contribution is 0.0100. The van der Waals surface area contributed by atoms with Crippen LogP contribution in [0.4, 0.5) is 4.39 Å². The number of benzene rings is 1. The zero-order chi connectivity index (χ0) is 11.6. The minimum atomic E-state index is -0.738. The summed E-state index contributed by atoms with van der Waals surface area (Å²) in [4.78, 5) is 0. The molecular weight excluding hydrogens is 205 g/mol. The van der Waals surface area contributed by atoms with Gasteiger partial charge in [0.15, 0.2) is 0 Å². The molecule has 0 amide bonds. The third-order valence-electron chi connectivity index (χ3n) is 3.39. The average molecular weight is 223 g/mol. The predicted molar refractivity (Wildman–Crippen MR) is 61.9 cm³/mol. The lowest BCUT2D eigenvalue weighted by Gasteiger charge is -2.33. The summed E-state index contributed by atoms with van der Waals surface area (Å²) in [5.41, 5.74) is 0.844. The molecule has 0 spiro atoms. The van der Waals surface area contributed by atoms with E-state index in [9.17, 15) is 9.50 Å². The highest BCUT2D eigenvalue weighted by atomic mass is 19.1. The van der Waals surface area contributed by atoms with Crippen molar-refractivity contribution in [3.05, 3.63) is 35.1 Å². The summed E-state index contributed by atoms with van der Waals surface area (Å²) in [6.45, 7) is 3.51. The fourth-order valence-electron chi connectivity index (χ4n) is 2.29. The topological polar surface area (TPSA) is 32.3 Å². The van der Waals surface area contributed by atoms with Crippen molar-refractivity contribution in [2.45, 2.75) is 31.8 Å². The Morgan fingerprint density at radius 3 is 2.69 bits per heavy atom. The largest absolute Gasteiger partial charge is 0.389 e. The lowest BCUT2D eigenvalue weighted by atomic mass is 9.84. The van der Waals surface area contributed by atoms with Crippen molar-refractivity contribution in [2.24, 2.45) is 0 Å². The van der Waals surface area contributed by atoms with Crippen molar-refractivity contribution in [1.29, 1.82) is 0 Å². The van der Waals surface area contributed by atoms with Gasteiger partial charge in [-0.25, -0.2) is 4.39 Å². The Morgan fingerprint density at radius 2 is 2.06 bits per heavy atom. The number of hydrogen-bond donors (Lipinski definition) is 2. The summed E-state index contributed by atoms with van der Waals surface area (Å²) in [6.07, 6.45) is 1.81. The number of hydrogen-bond acceptors (Lipinski definition) is 2. The quantitative estimate of drug-likeness (QED) is 0.801. The van der Waals surface area contributed by atoms with Crippen LogP contribution >= 0.6 is 0 Å². The summed E-state index contributed by atoms with van der Waals surface area (Å²) in [7, 11) is 0. The maximum Gasteiger partial charge on any atom is 0.126 e. The third kappa shape index (κ3) is 2.42. The lowest BCUT2D eigenvalue weighted by Crippen LogP contribution is -2.43. The van der Waals surface area contributed by atoms with Crippen LogP contribution < -0.4 is 5.32 Å². The van der Waals surface area contributed by atoms with Crippen LogP contribution in [0.5, 0.6) is 0 Å². The van der Waals surface area contributed by atoms with Crippen molar-refractivity contribution in [3.63, 3.8) is 0 Å². The molecule has 2 N–H and O–H groups in total. The molecule has 1 aromatic carbocycles. The zero-order valence-corrected chi connectivity index (χ0v) is 9.59. The Balaban J connectivity index is 2.19. The summed E-state index contributed by atoms with van der Waals surface area (Å²) < 4.78 is 13.6. The first-order chi connectivity index (χ1) is 7.61. The van der Waals surface area contributed by atoms with Gasteiger partial charge in [-0.3, -0.25) is 0 Å². The molecule has 2 nitrogen and oxygen atoms in total. The molecule has 1 aliphatic heterocycles. The maximum atomic E-state index is 13.6. The van der Waals surface area contributed by atoms with Gasteiger partial charge in [0.05, 0.1) is 5.60 Å². The molecule has 3 heteroatoms. The first kappa shape index (κ1) is 11.6. The van der Waals surface area contributed by atoms with Crippen LogP contribution in [0.3, 0.4) is 0 Å². The standard InChI is InChI=1S/C13H18FNO/c1-10-3-2-4-12(14)11(10)9-13(16)5-7-15-8-6-13/h2-4,15-16H,5-9H2,1H3. The Hall–Kier alpha value is -0.930. The maximum absolute atomic E-state index is 13.6. The van der Waals surface area contributed by atoms with Gasteiger partial charge in [-0.05, 0) is 50.0 Å². The summed E-state index contributed by atoms with van der Waals surface area (Å²) >= 11 is 0. The van der Waals surface area contributed by atoms with E-state index in [-0.39, 0.29) is 5.82 Å². The Morgan fingerprint density at radius 1 is 1.38 bits per heavy atom. The molecule has 2 rings (SSSR count). The molecule has 0 aromatic heterocycles. The van der Waals surface area contributed by atoms with Crippen LogP contribution in [-0.2, 0) is 6.42 Å². The van der Waals surface area contributed by atoms with E-state index in [1.165, 1.54) is 6.07 Å². The normalized spacial score (nSPS) is 19.7. The molecule has 1 saturated heterocycles. The van der Waals surface area contributed by atoms with Crippen LogP contribution in [0.1, 0.15) is 24.0 Å². The summed E-state index contributed by atoms with van der Waals surface area (Å²) in [5, 5.41) is 13.6. The molecule has 0 atom stereocenters. The van der Waals surface area contributed by atoms with Crippen LogP contribution in [-0.4, -0.2) is 23.8 Å². The first-order valence-electron chi connectivity index (χ1n) is 5.78. The molecule has 0 aliphatic carbocycles. The van der Waals surface area contributed by atoms with E-state index in [0.29, 0.717) is 24.8 Å². The van der Waals surface area contributed by atoms with Gasteiger partial charge in [-0.15, -0.1) is 0 Å². The first-order valence-corrected chi connectivity index (χ1v) is 5.78. The summed E-state index contributed by atoms with van der Waals surface area (Å²) in [6, 6.07) is 5.07. The molecule has 0 radical (unpaired) electrons. The van der Waals surface area contributed by atoms with Crippen molar-refractivity contribution < 1.29 is 9.50 Å². The highest BCUT2D eigenvalue weighted by Crippen LogP contribution is 2.26. The van der Waals surface area contributed by atoms with Gasteiger partial charge in [-0.1, -0.05) is 12.1 Å². The van der Waals surface area contributed by atoms with E-state index in [1.54, 1.807) is 6.07 Å². The van der Waals surface area contributed by atoms with E-state index in [2.05, 4.69) is 5.32 Å². The molecule has 0 saturated carbocycles. The number of nitrogens with one attached hydrogen (secondary N) is 1. The number of aryl methyl sites for hydroxylation is 1. The van der Waals surface area contributed by atoms with Crippen molar-refractivity contribution in [3.8, 4) is 0 Å². The van der Waals surface area contributed by atoms with Crippen LogP contribution in [0.25, 0.3) is 0 Å². The monoisotopic (exact) mass is 223 g/mol. The Bertz CT molecular complexity index is 352. The number of piperidine rings is 1. The molecule has 1 heterocycles. The minimum absolute atomic E-state index is 0.202. The van der Waals surface area contributed by atoms with Gasteiger partial charge in [0.25, 0.3) is 0 Å². The van der Waals surface area contributed by atoms with E-state index >= 15 is 0 Å². The second kappa shape index (κ2) is 4.52. The van der Waals surface area contributed by atoms with E-state index in [0.717, 1.165) is 18.7 Å². The van der Waals surface area contributed by atoms with Crippen LogP contribution in [0, 0.1) is 12.7 Å².